The molecule has 0 spiro atoms. The van der Waals surface area contributed by atoms with Gasteiger partial charge in [0.05, 0.1) is 35.1 Å². The van der Waals surface area contributed by atoms with Crippen LogP contribution in [0.15, 0.2) is 42.6 Å². The average Bonchev–Trinajstić information content (AvgIpc) is 3.23. The Morgan fingerprint density at radius 1 is 1.08 bits per heavy atom. The number of esters is 1. The van der Waals surface area contributed by atoms with Crippen LogP contribution in [-0.2, 0) is 22.3 Å². The minimum atomic E-state index is -5.14. The molecule has 0 amide bonds. The van der Waals surface area contributed by atoms with Crippen molar-refractivity contribution >= 4 is 39.5 Å². The fourth-order valence-electron chi connectivity index (χ4n) is 4.03. The number of ether oxygens (including phenoxy) is 1. The monoisotopic (exact) mass is 527 g/mol. The number of nitrogen functional groups attached to an aromatic ring is 1. The summed E-state index contributed by atoms with van der Waals surface area (Å²) in [6.45, 7) is -1.14. The average molecular weight is 527 g/mol. The number of nitrogens with one attached hydrogen (secondary N) is 1. The standard InChI is InChI=1S/C23H19F6N5O3/c24-22(25,26)15-4-2-1-3-12(15)14-11-16-17(13-5-7-34(8-9-35)18(13)14)19(33-21(30)32-16)31-6-10-37-20(36)23(27,28)29/h1-5,7,11,35H,6,8-10H2,(H3,30,31,32,33). The zero-order valence-electron chi connectivity index (χ0n) is 18.8. The molecule has 0 radical (unpaired) electrons. The summed E-state index contributed by atoms with van der Waals surface area (Å²) >= 11 is 0. The van der Waals surface area contributed by atoms with Gasteiger partial charge in [-0.2, -0.15) is 31.3 Å². The first-order valence-corrected chi connectivity index (χ1v) is 10.8. The van der Waals surface area contributed by atoms with E-state index in [1.54, 1.807) is 16.8 Å². The van der Waals surface area contributed by atoms with Crippen molar-refractivity contribution in [3.63, 3.8) is 0 Å². The number of fused-ring (bicyclic) bond motifs is 3. The summed E-state index contributed by atoms with van der Waals surface area (Å²) < 4.78 is 84.4. The van der Waals surface area contributed by atoms with Crippen molar-refractivity contribution in [2.24, 2.45) is 0 Å². The van der Waals surface area contributed by atoms with Gasteiger partial charge in [0, 0.05) is 23.7 Å². The number of benzene rings is 2. The molecule has 8 nitrogen and oxygen atoms in total. The number of nitrogens with zero attached hydrogens (tertiary/aromatic N) is 3. The minimum Gasteiger partial charge on any atom is -0.457 e. The number of aliphatic hydroxyl groups is 1. The van der Waals surface area contributed by atoms with Crippen molar-refractivity contribution in [2.75, 3.05) is 30.8 Å². The molecule has 0 unspecified atom stereocenters. The first-order chi connectivity index (χ1) is 17.4. The lowest BCUT2D eigenvalue weighted by atomic mass is 9.95. The first-order valence-electron chi connectivity index (χ1n) is 10.8. The molecule has 0 aliphatic heterocycles. The Kier molecular flexibility index (Phi) is 6.86. The molecular weight excluding hydrogens is 508 g/mol. The molecule has 2 aromatic carbocycles. The first kappa shape index (κ1) is 26.0. The quantitative estimate of drug-likeness (QED) is 0.186. The van der Waals surface area contributed by atoms with Gasteiger partial charge in [-0.15, -0.1) is 0 Å². The molecule has 196 valence electrons. The van der Waals surface area contributed by atoms with Crippen LogP contribution in [-0.4, -0.2) is 51.5 Å². The van der Waals surface area contributed by atoms with Crippen LogP contribution in [0.3, 0.4) is 0 Å². The van der Waals surface area contributed by atoms with Gasteiger partial charge >= 0.3 is 18.3 Å². The van der Waals surface area contributed by atoms with Crippen molar-refractivity contribution in [3.8, 4) is 11.1 Å². The van der Waals surface area contributed by atoms with Crippen LogP contribution >= 0.6 is 0 Å². The van der Waals surface area contributed by atoms with E-state index in [9.17, 15) is 36.2 Å². The summed E-state index contributed by atoms with van der Waals surface area (Å²) in [4.78, 5) is 19.2. The normalized spacial score (nSPS) is 12.3. The van der Waals surface area contributed by atoms with Crippen molar-refractivity contribution in [3.05, 3.63) is 48.2 Å². The zero-order valence-corrected chi connectivity index (χ0v) is 18.8. The van der Waals surface area contributed by atoms with Crippen LogP contribution in [0.25, 0.3) is 32.9 Å². The highest BCUT2D eigenvalue weighted by Gasteiger charge is 2.40. The number of alkyl halides is 6. The smallest absolute Gasteiger partial charge is 0.457 e. The molecule has 0 aliphatic carbocycles. The third kappa shape index (κ3) is 5.23. The van der Waals surface area contributed by atoms with E-state index in [1.165, 1.54) is 24.3 Å². The molecule has 2 heterocycles. The molecule has 2 aromatic heterocycles. The van der Waals surface area contributed by atoms with Crippen LogP contribution in [0, 0.1) is 0 Å². The maximum atomic E-state index is 13.8. The third-order valence-corrected chi connectivity index (χ3v) is 5.45. The topological polar surface area (TPSA) is 115 Å². The highest BCUT2D eigenvalue weighted by Crippen LogP contribution is 2.42. The molecule has 0 bridgehead atoms. The van der Waals surface area contributed by atoms with E-state index >= 15 is 0 Å². The van der Waals surface area contributed by atoms with Gasteiger partial charge in [-0.05, 0) is 23.8 Å². The van der Waals surface area contributed by atoms with Gasteiger partial charge < -0.3 is 25.5 Å². The fourth-order valence-corrected chi connectivity index (χ4v) is 4.03. The second-order valence-electron chi connectivity index (χ2n) is 7.85. The van der Waals surface area contributed by atoms with E-state index in [-0.39, 0.29) is 48.1 Å². The minimum absolute atomic E-state index is 0.0716. The van der Waals surface area contributed by atoms with Crippen molar-refractivity contribution in [1.82, 2.24) is 14.5 Å². The molecule has 4 aromatic rings. The Balaban J connectivity index is 1.86. The van der Waals surface area contributed by atoms with Crippen LogP contribution < -0.4 is 11.1 Å². The Morgan fingerprint density at radius 2 is 1.81 bits per heavy atom. The summed E-state index contributed by atoms with van der Waals surface area (Å²) in [7, 11) is 0. The molecular formula is C23H19F6N5O3. The maximum Gasteiger partial charge on any atom is 0.490 e. The van der Waals surface area contributed by atoms with Gasteiger partial charge in [0.1, 0.15) is 12.4 Å². The molecule has 0 saturated heterocycles. The molecule has 0 saturated carbocycles. The van der Waals surface area contributed by atoms with Crippen LogP contribution in [0.2, 0.25) is 0 Å². The number of rotatable bonds is 7. The predicted molar refractivity (Wildman–Crippen MR) is 122 cm³/mol. The number of anilines is 2. The summed E-state index contributed by atoms with van der Waals surface area (Å²) in [5.74, 6) is -2.52. The lowest BCUT2D eigenvalue weighted by Crippen LogP contribution is -2.27. The van der Waals surface area contributed by atoms with Crippen molar-refractivity contribution in [2.45, 2.75) is 18.9 Å². The number of carbonyl (C=O) groups is 1. The molecule has 0 aliphatic rings. The highest BCUT2D eigenvalue weighted by molar-refractivity contribution is 6.16. The number of nitrogens with two attached hydrogens (primary N) is 1. The lowest BCUT2D eigenvalue weighted by Gasteiger charge is -2.17. The Morgan fingerprint density at radius 3 is 2.49 bits per heavy atom. The predicted octanol–water partition coefficient (Wildman–Crippen LogP) is 4.36. The summed E-state index contributed by atoms with van der Waals surface area (Å²) in [6, 6.07) is 8.01. The zero-order chi connectivity index (χ0) is 27.0. The maximum absolute atomic E-state index is 13.8. The van der Waals surface area contributed by atoms with Crippen LogP contribution in [0.4, 0.5) is 38.1 Å². The number of halogens is 6. The summed E-state index contributed by atoms with van der Waals surface area (Å²) in [5.41, 5.74) is 5.50. The number of aromatic nitrogens is 3. The van der Waals surface area contributed by atoms with Gasteiger partial charge in [0.25, 0.3) is 0 Å². The Hall–Kier alpha value is -4.07. The molecule has 0 atom stereocenters. The van der Waals surface area contributed by atoms with Gasteiger partial charge in [-0.1, -0.05) is 18.2 Å². The van der Waals surface area contributed by atoms with Crippen molar-refractivity contribution in [1.29, 1.82) is 0 Å². The molecule has 14 heteroatoms. The highest BCUT2D eigenvalue weighted by atomic mass is 19.4. The number of hydrogen-bond acceptors (Lipinski definition) is 7. The molecule has 4 rings (SSSR count). The van der Waals surface area contributed by atoms with Gasteiger partial charge in [-0.25, -0.2) is 9.78 Å². The van der Waals surface area contributed by atoms with E-state index in [1.807, 2.05) is 0 Å². The lowest BCUT2D eigenvalue weighted by molar-refractivity contribution is -0.199. The fraction of sp³-hybridized carbons (Fsp3) is 0.261. The van der Waals surface area contributed by atoms with E-state index in [2.05, 4.69) is 20.0 Å². The number of aliphatic hydroxyl groups excluding tert-OH is 1. The summed E-state index contributed by atoms with van der Waals surface area (Å²) in [6.07, 6.45) is -8.22. The third-order valence-electron chi connectivity index (χ3n) is 5.45. The van der Waals surface area contributed by atoms with E-state index in [0.717, 1.165) is 6.07 Å². The Labute approximate surface area is 204 Å². The van der Waals surface area contributed by atoms with Crippen LogP contribution in [0.1, 0.15) is 5.56 Å². The SMILES string of the molecule is Nc1nc(NCCOC(=O)C(F)(F)F)c2c(cc(-c3ccccc3C(F)(F)F)c3c2ccn3CCO)n1. The van der Waals surface area contributed by atoms with E-state index in [4.69, 9.17) is 5.73 Å². The molecule has 37 heavy (non-hydrogen) atoms. The van der Waals surface area contributed by atoms with Gasteiger partial charge in [-0.3, -0.25) is 0 Å². The van der Waals surface area contributed by atoms with Gasteiger partial charge in [0.15, 0.2) is 0 Å². The van der Waals surface area contributed by atoms with Crippen LogP contribution in [0.5, 0.6) is 0 Å². The van der Waals surface area contributed by atoms with E-state index in [0.29, 0.717) is 16.3 Å². The molecule has 4 N–H and O–H groups in total. The van der Waals surface area contributed by atoms with Crippen molar-refractivity contribution < 1.29 is 41.0 Å². The number of carbonyl (C=O) groups excluding carboxylic acids is 1. The second kappa shape index (κ2) is 9.76. The largest absolute Gasteiger partial charge is 0.490 e. The summed E-state index contributed by atoms with van der Waals surface area (Å²) in [5, 5.41) is 13.0. The Bertz CT molecular complexity index is 1470. The molecule has 0 fully saturated rings. The second-order valence-corrected chi connectivity index (χ2v) is 7.85. The van der Waals surface area contributed by atoms with Gasteiger partial charge in [0.2, 0.25) is 5.95 Å². The number of hydrogen-bond donors (Lipinski definition) is 3. The van der Waals surface area contributed by atoms with E-state index < -0.39 is 30.5 Å².